The third kappa shape index (κ3) is 2.79. The van der Waals surface area contributed by atoms with Gasteiger partial charge in [-0.3, -0.25) is 5.32 Å². The summed E-state index contributed by atoms with van der Waals surface area (Å²) in [5.74, 6) is 0.190. The van der Waals surface area contributed by atoms with Crippen molar-refractivity contribution in [1.82, 2.24) is 5.32 Å². The highest BCUT2D eigenvalue weighted by atomic mass is 16.3. The Kier molecular flexibility index (Phi) is 4.67. The van der Waals surface area contributed by atoms with E-state index in [1.807, 2.05) is 6.92 Å². The van der Waals surface area contributed by atoms with E-state index in [9.17, 15) is 0 Å². The summed E-state index contributed by atoms with van der Waals surface area (Å²) in [4.78, 5) is 0. The second-order valence-electron chi connectivity index (χ2n) is 2.14. The summed E-state index contributed by atoms with van der Waals surface area (Å²) < 4.78 is 0. The van der Waals surface area contributed by atoms with Crippen LogP contribution in [0.25, 0.3) is 0 Å². The lowest BCUT2D eigenvalue weighted by atomic mass is 10.1. The van der Waals surface area contributed by atoms with Crippen LogP contribution in [-0.2, 0) is 0 Å². The zero-order chi connectivity index (χ0) is 7.28. The molecule has 0 fully saturated rings. The molecule has 2 atom stereocenters. The molecular weight excluding hydrogens is 116 g/mol. The van der Waals surface area contributed by atoms with Crippen molar-refractivity contribution in [3.8, 4) is 0 Å². The van der Waals surface area contributed by atoms with Crippen LogP contribution >= 0.6 is 0 Å². The molecule has 0 bridgehead atoms. The van der Waals surface area contributed by atoms with Crippen molar-refractivity contribution in [3.05, 3.63) is 0 Å². The number of hydrogen-bond acceptors (Lipinski definition) is 3. The topological polar surface area (TPSA) is 58.3 Å². The molecule has 3 heteroatoms. The van der Waals surface area contributed by atoms with Crippen LogP contribution in [0.15, 0.2) is 0 Å². The van der Waals surface area contributed by atoms with E-state index in [1.54, 1.807) is 7.05 Å². The molecule has 0 rings (SSSR count). The van der Waals surface area contributed by atoms with Gasteiger partial charge in [0.2, 0.25) is 0 Å². The van der Waals surface area contributed by atoms with E-state index < -0.39 is 6.23 Å². The molecular formula is C6H16N2O. The van der Waals surface area contributed by atoms with Gasteiger partial charge in [0.25, 0.3) is 0 Å². The fourth-order valence-corrected chi connectivity index (χ4v) is 0.755. The van der Waals surface area contributed by atoms with Crippen LogP contribution < -0.4 is 11.1 Å². The molecule has 0 aromatic carbocycles. The second-order valence-corrected chi connectivity index (χ2v) is 2.14. The average molecular weight is 132 g/mol. The summed E-state index contributed by atoms with van der Waals surface area (Å²) >= 11 is 0. The minimum Gasteiger partial charge on any atom is -0.378 e. The van der Waals surface area contributed by atoms with Crippen LogP contribution in [0.3, 0.4) is 0 Å². The highest BCUT2D eigenvalue weighted by Crippen LogP contribution is 2.02. The van der Waals surface area contributed by atoms with Crippen LogP contribution in [0.2, 0.25) is 0 Å². The fourth-order valence-electron chi connectivity index (χ4n) is 0.755. The van der Waals surface area contributed by atoms with Crippen LogP contribution in [0, 0.1) is 5.92 Å². The summed E-state index contributed by atoms with van der Waals surface area (Å²) in [6.07, 6.45) is 0.471. The van der Waals surface area contributed by atoms with E-state index in [1.165, 1.54) is 0 Å². The van der Waals surface area contributed by atoms with Gasteiger partial charge in [-0.25, -0.2) is 0 Å². The lowest BCUT2D eigenvalue weighted by molar-refractivity contribution is 0.0841. The molecule has 9 heavy (non-hydrogen) atoms. The molecule has 56 valence electrons. The Labute approximate surface area is 56.2 Å². The number of nitrogens with one attached hydrogen (secondary N) is 1. The highest BCUT2D eigenvalue weighted by Gasteiger charge is 2.11. The Bertz CT molecular complexity index is 64.1. The van der Waals surface area contributed by atoms with E-state index in [-0.39, 0.29) is 5.92 Å². The number of hydrogen-bond donors (Lipinski definition) is 3. The Morgan fingerprint density at radius 1 is 1.67 bits per heavy atom. The number of rotatable bonds is 4. The molecule has 0 saturated heterocycles. The van der Waals surface area contributed by atoms with Gasteiger partial charge in [0.1, 0.15) is 6.23 Å². The zero-order valence-corrected chi connectivity index (χ0v) is 6.09. The average Bonchev–Trinajstić information content (AvgIpc) is 1.90. The van der Waals surface area contributed by atoms with Crippen molar-refractivity contribution < 1.29 is 5.11 Å². The zero-order valence-electron chi connectivity index (χ0n) is 6.09. The first-order valence-electron chi connectivity index (χ1n) is 3.31. The molecule has 3 nitrogen and oxygen atoms in total. The van der Waals surface area contributed by atoms with E-state index in [2.05, 4.69) is 5.32 Å². The second kappa shape index (κ2) is 4.73. The summed E-state index contributed by atoms with van der Waals surface area (Å²) in [7, 11) is 1.73. The lowest BCUT2D eigenvalue weighted by Crippen LogP contribution is -2.36. The molecule has 0 aromatic rings. The molecule has 0 saturated carbocycles. The van der Waals surface area contributed by atoms with Gasteiger partial charge in [0.05, 0.1) is 0 Å². The largest absolute Gasteiger partial charge is 0.378 e. The summed E-state index contributed by atoms with van der Waals surface area (Å²) in [6.45, 7) is 2.55. The predicted octanol–water partition coefficient (Wildman–Crippen LogP) is -0.491. The maximum Gasteiger partial charge on any atom is 0.108 e. The van der Waals surface area contributed by atoms with Crippen LogP contribution in [0.1, 0.15) is 13.3 Å². The van der Waals surface area contributed by atoms with Crippen LogP contribution in [-0.4, -0.2) is 24.9 Å². The normalized spacial score (nSPS) is 17.3. The molecule has 0 aliphatic carbocycles. The van der Waals surface area contributed by atoms with E-state index in [0.717, 1.165) is 6.42 Å². The van der Waals surface area contributed by atoms with E-state index in [4.69, 9.17) is 10.8 Å². The van der Waals surface area contributed by atoms with Gasteiger partial charge < -0.3 is 10.8 Å². The molecule has 0 aliphatic rings. The molecule has 0 aliphatic heterocycles. The van der Waals surface area contributed by atoms with Crippen molar-refractivity contribution >= 4 is 0 Å². The lowest BCUT2D eigenvalue weighted by Gasteiger charge is -2.18. The monoisotopic (exact) mass is 132 g/mol. The van der Waals surface area contributed by atoms with Gasteiger partial charge in [-0.1, -0.05) is 6.92 Å². The van der Waals surface area contributed by atoms with Crippen molar-refractivity contribution in [2.24, 2.45) is 11.7 Å². The molecule has 0 heterocycles. The Balaban J connectivity index is 3.50. The Hall–Kier alpha value is -0.120. The van der Waals surface area contributed by atoms with Crippen LogP contribution in [0.5, 0.6) is 0 Å². The molecule has 1 unspecified atom stereocenters. The summed E-state index contributed by atoms with van der Waals surface area (Å²) in [5, 5.41) is 11.9. The quantitative estimate of drug-likeness (QED) is 0.452. The van der Waals surface area contributed by atoms with Gasteiger partial charge >= 0.3 is 0 Å². The molecule has 0 amide bonds. The molecule has 0 aromatic heterocycles. The van der Waals surface area contributed by atoms with Crippen molar-refractivity contribution in [2.45, 2.75) is 19.6 Å². The van der Waals surface area contributed by atoms with Crippen molar-refractivity contribution in [1.29, 1.82) is 0 Å². The Morgan fingerprint density at radius 2 is 2.22 bits per heavy atom. The first-order valence-corrected chi connectivity index (χ1v) is 3.31. The minimum atomic E-state index is -0.444. The van der Waals surface area contributed by atoms with Crippen molar-refractivity contribution in [2.75, 3.05) is 13.6 Å². The van der Waals surface area contributed by atoms with E-state index >= 15 is 0 Å². The number of aliphatic hydroxyl groups excluding tert-OH is 1. The van der Waals surface area contributed by atoms with Gasteiger partial charge in [-0.15, -0.1) is 0 Å². The number of nitrogens with two attached hydrogens (primary N) is 1. The summed E-state index contributed by atoms with van der Waals surface area (Å²) in [6, 6.07) is 0. The summed E-state index contributed by atoms with van der Waals surface area (Å²) in [5.41, 5.74) is 5.36. The van der Waals surface area contributed by atoms with Crippen LogP contribution in [0.4, 0.5) is 0 Å². The minimum absolute atomic E-state index is 0.190. The third-order valence-electron chi connectivity index (χ3n) is 1.57. The smallest absolute Gasteiger partial charge is 0.108 e. The first-order chi connectivity index (χ1) is 4.26. The van der Waals surface area contributed by atoms with Gasteiger partial charge in [-0.2, -0.15) is 0 Å². The Morgan fingerprint density at radius 3 is 2.33 bits per heavy atom. The maximum absolute atomic E-state index is 9.13. The van der Waals surface area contributed by atoms with Crippen molar-refractivity contribution in [3.63, 3.8) is 0 Å². The first kappa shape index (κ1) is 8.88. The fraction of sp³-hybridized carbons (Fsp3) is 1.00. The van der Waals surface area contributed by atoms with Gasteiger partial charge in [-0.05, 0) is 20.0 Å². The van der Waals surface area contributed by atoms with E-state index in [0.29, 0.717) is 6.54 Å². The number of aliphatic hydroxyl groups is 1. The maximum atomic E-state index is 9.13. The standard InChI is InChI=1S/C6H16N2O/c1-3-5(4-7)6(9)8-2/h5-6,8-9H,3-4,7H2,1-2H3/t5?,6-/m0/s1. The van der Waals surface area contributed by atoms with Gasteiger partial charge in [0.15, 0.2) is 0 Å². The molecule has 0 radical (unpaired) electrons. The molecule has 4 N–H and O–H groups in total. The molecule has 0 spiro atoms. The third-order valence-corrected chi connectivity index (χ3v) is 1.57. The highest BCUT2D eigenvalue weighted by molar-refractivity contribution is 4.63. The SMILES string of the molecule is CCC(CN)[C@H](O)NC. The predicted molar refractivity (Wildman–Crippen MR) is 37.9 cm³/mol. The van der Waals surface area contributed by atoms with Gasteiger partial charge in [0, 0.05) is 5.92 Å².